The van der Waals surface area contributed by atoms with Crippen LogP contribution in [0.4, 0.5) is 11.5 Å². The van der Waals surface area contributed by atoms with Gasteiger partial charge >= 0.3 is 0 Å². The molecule has 0 fully saturated rings. The van der Waals surface area contributed by atoms with Crippen molar-refractivity contribution >= 4 is 23.1 Å². The first-order chi connectivity index (χ1) is 14.1. The molecule has 6 nitrogen and oxygen atoms in total. The van der Waals surface area contributed by atoms with Gasteiger partial charge in [-0.15, -0.1) is 0 Å². The molecule has 0 aliphatic rings. The van der Waals surface area contributed by atoms with Gasteiger partial charge in [-0.2, -0.15) is 0 Å². The third kappa shape index (κ3) is 4.55. The van der Waals surface area contributed by atoms with E-state index in [0.29, 0.717) is 23.2 Å². The summed E-state index contributed by atoms with van der Waals surface area (Å²) in [5.41, 5.74) is 3.81. The number of halogens is 1. The van der Waals surface area contributed by atoms with Gasteiger partial charge in [0.2, 0.25) is 0 Å². The van der Waals surface area contributed by atoms with E-state index in [1.807, 2.05) is 66.2 Å². The molecule has 1 N–H and O–H groups in total. The summed E-state index contributed by atoms with van der Waals surface area (Å²) in [6.07, 6.45) is 4.32. The maximum absolute atomic E-state index is 6.22. The highest BCUT2D eigenvalue weighted by molar-refractivity contribution is 6.29. The highest BCUT2D eigenvalue weighted by Gasteiger charge is 2.09. The normalized spacial score (nSPS) is 10.7. The van der Waals surface area contributed by atoms with E-state index in [0.717, 1.165) is 28.4 Å². The number of rotatable bonds is 6. The van der Waals surface area contributed by atoms with Crippen LogP contribution in [0.3, 0.4) is 0 Å². The summed E-state index contributed by atoms with van der Waals surface area (Å²) in [5.74, 6) is 2.00. The number of hydrogen-bond acceptors (Lipinski definition) is 5. The minimum Gasteiger partial charge on any atom is -0.494 e. The molecule has 0 amide bonds. The third-order valence-electron chi connectivity index (χ3n) is 4.39. The zero-order chi connectivity index (χ0) is 20.2. The van der Waals surface area contributed by atoms with Crippen molar-refractivity contribution in [2.75, 3.05) is 12.4 Å². The molecule has 4 aromatic rings. The second kappa shape index (κ2) is 8.32. The standard InChI is InChI=1S/C22H20ClN5O/c1-15-13-28(14-24-15)18-9-8-17(11-19(18)29-2)25-22-12-20(23)26-21(27-22)10-16-6-4-3-5-7-16/h3-9,11-14H,10H2,1-2H3,(H,25,26,27). The average molecular weight is 406 g/mol. The van der Waals surface area contributed by atoms with Crippen LogP contribution < -0.4 is 10.1 Å². The summed E-state index contributed by atoms with van der Waals surface area (Å²) in [6.45, 7) is 1.95. The van der Waals surface area contributed by atoms with Crippen molar-refractivity contribution in [1.82, 2.24) is 19.5 Å². The summed E-state index contributed by atoms with van der Waals surface area (Å²) in [4.78, 5) is 13.2. The molecule has 7 heteroatoms. The summed E-state index contributed by atoms with van der Waals surface area (Å²) in [7, 11) is 1.64. The molecule has 2 aromatic heterocycles. The molecule has 0 radical (unpaired) electrons. The van der Waals surface area contributed by atoms with E-state index in [1.54, 1.807) is 19.5 Å². The van der Waals surface area contributed by atoms with Gasteiger partial charge < -0.3 is 14.6 Å². The van der Waals surface area contributed by atoms with E-state index in [9.17, 15) is 0 Å². The van der Waals surface area contributed by atoms with Gasteiger partial charge in [-0.1, -0.05) is 41.9 Å². The number of methoxy groups -OCH3 is 1. The summed E-state index contributed by atoms with van der Waals surface area (Å²) < 4.78 is 7.49. The largest absolute Gasteiger partial charge is 0.494 e. The second-order valence-corrected chi connectivity index (χ2v) is 6.98. The van der Waals surface area contributed by atoms with E-state index in [1.165, 1.54) is 0 Å². The molecule has 0 aliphatic heterocycles. The molecule has 0 spiro atoms. The van der Waals surface area contributed by atoms with Gasteiger partial charge in [-0.3, -0.25) is 0 Å². The molecular formula is C22H20ClN5O. The van der Waals surface area contributed by atoms with Gasteiger partial charge in [0.25, 0.3) is 0 Å². The van der Waals surface area contributed by atoms with Crippen LogP contribution in [0.15, 0.2) is 67.1 Å². The lowest BCUT2D eigenvalue weighted by atomic mass is 10.1. The van der Waals surface area contributed by atoms with Crippen LogP contribution in [-0.4, -0.2) is 26.6 Å². The maximum atomic E-state index is 6.22. The number of anilines is 2. The van der Waals surface area contributed by atoms with E-state index in [4.69, 9.17) is 16.3 Å². The molecule has 146 valence electrons. The Morgan fingerprint density at radius 2 is 1.90 bits per heavy atom. The molecule has 2 heterocycles. The van der Waals surface area contributed by atoms with Gasteiger partial charge in [-0.05, 0) is 24.6 Å². The average Bonchev–Trinajstić information content (AvgIpc) is 3.14. The Kier molecular flexibility index (Phi) is 5.44. The predicted octanol–water partition coefficient (Wildman–Crippen LogP) is 4.97. The van der Waals surface area contributed by atoms with E-state index in [-0.39, 0.29) is 0 Å². The number of hydrogen-bond donors (Lipinski definition) is 1. The fraction of sp³-hybridized carbons (Fsp3) is 0.136. The molecule has 0 saturated heterocycles. The Bertz CT molecular complexity index is 1130. The Morgan fingerprint density at radius 3 is 2.62 bits per heavy atom. The topological polar surface area (TPSA) is 64.9 Å². The Labute approximate surface area is 174 Å². The molecule has 0 unspecified atom stereocenters. The molecule has 0 bridgehead atoms. The lowest BCUT2D eigenvalue weighted by Gasteiger charge is -2.13. The molecule has 4 rings (SSSR count). The quantitative estimate of drug-likeness (QED) is 0.459. The summed E-state index contributed by atoms with van der Waals surface area (Å²) in [5, 5.41) is 3.68. The van der Waals surface area contributed by atoms with Crippen LogP contribution in [0.1, 0.15) is 17.1 Å². The van der Waals surface area contributed by atoms with Crippen molar-refractivity contribution in [3.63, 3.8) is 0 Å². The van der Waals surface area contributed by atoms with Gasteiger partial charge in [0, 0.05) is 30.4 Å². The van der Waals surface area contributed by atoms with Crippen molar-refractivity contribution in [2.24, 2.45) is 0 Å². The van der Waals surface area contributed by atoms with Crippen LogP contribution in [0.25, 0.3) is 5.69 Å². The molecule has 0 saturated carbocycles. The number of nitrogens with zero attached hydrogens (tertiary/aromatic N) is 4. The lowest BCUT2D eigenvalue weighted by Crippen LogP contribution is -2.02. The zero-order valence-corrected chi connectivity index (χ0v) is 16.9. The Hall–Kier alpha value is -3.38. The Balaban J connectivity index is 1.59. The SMILES string of the molecule is COc1cc(Nc2cc(Cl)nc(Cc3ccccc3)n2)ccc1-n1cnc(C)c1. The van der Waals surface area contributed by atoms with Gasteiger partial charge in [0.15, 0.2) is 0 Å². The maximum Gasteiger partial charge on any atom is 0.144 e. The summed E-state index contributed by atoms with van der Waals surface area (Å²) in [6, 6.07) is 17.6. The van der Waals surface area contributed by atoms with E-state index < -0.39 is 0 Å². The van der Waals surface area contributed by atoms with Crippen LogP contribution in [-0.2, 0) is 6.42 Å². The lowest BCUT2D eigenvalue weighted by molar-refractivity contribution is 0.413. The third-order valence-corrected chi connectivity index (χ3v) is 4.58. The molecule has 29 heavy (non-hydrogen) atoms. The van der Waals surface area contributed by atoms with Gasteiger partial charge in [0.1, 0.15) is 22.5 Å². The van der Waals surface area contributed by atoms with Gasteiger partial charge in [0.05, 0.1) is 24.8 Å². The minimum absolute atomic E-state index is 0.394. The van der Waals surface area contributed by atoms with Gasteiger partial charge in [-0.25, -0.2) is 15.0 Å². The van der Waals surface area contributed by atoms with Crippen molar-refractivity contribution in [3.8, 4) is 11.4 Å². The number of nitrogens with one attached hydrogen (secondary N) is 1. The highest BCUT2D eigenvalue weighted by atomic mass is 35.5. The van der Waals surface area contributed by atoms with Crippen LogP contribution in [0.2, 0.25) is 5.15 Å². The second-order valence-electron chi connectivity index (χ2n) is 6.59. The van der Waals surface area contributed by atoms with E-state index >= 15 is 0 Å². The Morgan fingerprint density at radius 1 is 1.07 bits per heavy atom. The number of ether oxygens (including phenoxy) is 1. The first kappa shape index (κ1) is 19.0. The number of imidazole rings is 1. The van der Waals surface area contributed by atoms with E-state index in [2.05, 4.69) is 20.3 Å². The molecule has 0 aliphatic carbocycles. The van der Waals surface area contributed by atoms with Crippen LogP contribution >= 0.6 is 11.6 Å². The van der Waals surface area contributed by atoms with Crippen molar-refractivity contribution < 1.29 is 4.74 Å². The minimum atomic E-state index is 0.394. The first-order valence-corrected chi connectivity index (χ1v) is 9.52. The monoisotopic (exact) mass is 405 g/mol. The highest BCUT2D eigenvalue weighted by Crippen LogP contribution is 2.28. The van der Waals surface area contributed by atoms with Crippen molar-refractivity contribution in [1.29, 1.82) is 0 Å². The molecular weight excluding hydrogens is 386 g/mol. The predicted molar refractivity (Wildman–Crippen MR) is 114 cm³/mol. The summed E-state index contributed by atoms with van der Waals surface area (Å²) >= 11 is 6.22. The smallest absolute Gasteiger partial charge is 0.144 e. The zero-order valence-electron chi connectivity index (χ0n) is 16.1. The fourth-order valence-corrected chi connectivity index (χ4v) is 3.26. The fourth-order valence-electron chi connectivity index (χ4n) is 3.06. The number of aryl methyl sites for hydroxylation is 1. The van der Waals surface area contributed by atoms with Crippen molar-refractivity contribution in [3.05, 3.63) is 89.4 Å². The van der Waals surface area contributed by atoms with Crippen LogP contribution in [0, 0.1) is 6.92 Å². The molecule has 0 atom stereocenters. The number of aromatic nitrogens is 4. The first-order valence-electron chi connectivity index (χ1n) is 9.14. The van der Waals surface area contributed by atoms with Crippen LogP contribution in [0.5, 0.6) is 5.75 Å². The molecule has 2 aromatic carbocycles. The van der Waals surface area contributed by atoms with Crippen molar-refractivity contribution in [2.45, 2.75) is 13.3 Å². The number of benzene rings is 2.